The third kappa shape index (κ3) is 8.68. The van der Waals surface area contributed by atoms with Crippen molar-refractivity contribution < 1.29 is 32.0 Å². The molecule has 192 valence electrons. The van der Waals surface area contributed by atoms with Crippen LogP contribution in [-0.4, -0.2) is 29.3 Å². The Balaban J connectivity index is 0.000000350. The quantitative estimate of drug-likeness (QED) is 0.409. The van der Waals surface area contributed by atoms with Gasteiger partial charge in [-0.25, -0.2) is 18.1 Å². The molecule has 0 radical (unpaired) electrons. The van der Waals surface area contributed by atoms with E-state index in [0.29, 0.717) is 11.3 Å². The van der Waals surface area contributed by atoms with Gasteiger partial charge in [0.2, 0.25) is 0 Å². The molecule has 1 aromatic heterocycles. The van der Waals surface area contributed by atoms with Crippen LogP contribution in [0.4, 0.5) is 13.2 Å². The Morgan fingerprint density at radius 2 is 1.74 bits per heavy atom. The van der Waals surface area contributed by atoms with Crippen LogP contribution in [0.25, 0.3) is 0 Å². The molecule has 0 aliphatic heterocycles. The fourth-order valence-electron chi connectivity index (χ4n) is 3.20. The molecule has 2 aromatic rings. The van der Waals surface area contributed by atoms with Crippen LogP contribution >= 0.6 is 11.3 Å². The minimum atomic E-state index is -3.16. The summed E-state index contributed by atoms with van der Waals surface area (Å²) in [7, 11) is -1.89. The lowest BCUT2D eigenvalue weighted by atomic mass is 9.93. The molecule has 1 aromatic carbocycles. The van der Waals surface area contributed by atoms with Crippen LogP contribution < -0.4 is 9.88 Å². The lowest BCUT2D eigenvalue weighted by Crippen LogP contribution is -2.13. The fraction of sp³-hybridized carbons (Fsp3) is 0.522. The van der Waals surface area contributed by atoms with Gasteiger partial charge in [-0.1, -0.05) is 26.7 Å². The van der Waals surface area contributed by atoms with Gasteiger partial charge in [-0.3, -0.25) is 0 Å². The highest BCUT2D eigenvalue weighted by atomic mass is 32.2. The molecule has 0 saturated heterocycles. The molecule has 1 heterocycles. The van der Waals surface area contributed by atoms with E-state index in [0.717, 1.165) is 66.1 Å². The molecule has 11 heteroatoms. The number of rotatable bonds is 10. The Bertz CT molecular complexity index is 1050. The lowest BCUT2D eigenvalue weighted by molar-refractivity contribution is -0.107. The van der Waals surface area contributed by atoms with Crippen molar-refractivity contribution >= 4 is 27.5 Å². The molecule has 6 nitrogen and oxygen atoms in total. The van der Waals surface area contributed by atoms with Gasteiger partial charge >= 0.3 is 6.61 Å². The average Bonchev–Trinajstić information content (AvgIpc) is 3.14. The average molecular weight is 523 g/mol. The smallest absolute Gasteiger partial charge is 0.387 e. The van der Waals surface area contributed by atoms with Gasteiger partial charge in [-0.05, 0) is 61.6 Å². The molecule has 1 atom stereocenters. The molecular weight excluding hydrogens is 489 g/mol. The SMILES string of the molecule is CCCc1cc(OC(F)F)cc(CCC)c1CC=O.CN=S(N)(=O)c1sc(C(C)(C)O)cc1F. The van der Waals surface area contributed by atoms with Crippen LogP contribution in [0.5, 0.6) is 5.75 Å². The number of thiophene rings is 1. The zero-order valence-electron chi connectivity index (χ0n) is 20.1. The van der Waals surface area contributed by atoms with Crippen molar-refractivity contribution in [1.29, 1.82) is 0 Å². The highest BCUT2D eigenvalue weighted by molar-refractivity contribution is 7.93. The third-order valence-corrected chi connectivity index (χ3v) is 8.21. The second kappa shape index (κ2) is 13.2. The molecule has 2 rings (SSSR count). The van der Waals surface area contributed by atoms with E-state index in [9.17, 15) is 27.3 Å². The van der Waals surface area contributed by atoms with E-state index in [2.05, 4.69) is 9.10 Å². The normalized spacial score (nSPS) is 13.1. The van der Waals surface area contributed by atoms with Gasteiger partial charge in [-0.15, -0.1) is 11.3 Å². The number of halogens is 3. The number of aliphatic hydroxyl groups is 1. The van der Waals surface area contributed by atoms with Crippen molar-refractivity contribution in [3.05, 3.63) is 45.6 Å². The maximum Gasteiger partial charge on any atom is 0.387 e. The molecule has 0 aliphatic carbocycles. The van der Waals surface area contributed by atoms with Gasteiger partial charge in [-0.2, -0.15) is 8.78 Å². The predicted molar refractivity (Wildman–Crippen MR) is 129 cm³/mol. The first-order chi connectivity index (χ1) is 15.8. The summed E-state index contributed by atoms with van der Waals surface area (Å²) in [6.07, 6.45) is 4.52. The van der Waals surface area contributed by atoms with Crippen molar-refractivity contribution in [3.8, 4) is 5.75 Å². The third-order valence-electron chi connectivity index (χ3n) is 4.75. The summed E-state index contributed by atoms with van der Waals surface area (Å²) in [6, 6.07) is 4.40. The largest absolute Gasteiger partial charge is 0.435 e. The molecule has 0 saturated carbocycles. The standard InChI is InChI=1S/C15H20F2O2.C8H13FN2O2S2/c1-3-5-11-9-13(19-15(16)17)10-12(6-4-2)14(11)7-8-18;1-8(2,12)6-4-5(9)7(14-6)15(10,13)11-3/h8-10,15H,3-7H2,1-2H3;4,12H,1-3H3,(H2,10,11,13). The molecule has 34 heavy (non-hydrogen) atoms. The van der Waals surface area contributed by atoms with Crippen LogP contribution in [0.2, 0.25) is 0 Å². The zero-order valence-corrected chi connectivity index (χ0v) is 21.7. The maximum absolute atomic E-state index is 13.4. The first kappa shape index (κ1) is 30.1. The molecule has 0 spiro atoms. The van der Waals surface area contributed by atoms with E-state index in [1.807, 2.05) is 13.8 Å². The van der Waals surface area contributed by atoms with Crippen molar-refractivity contribution in [2.45, 2.75) is 76.2 Å². The van der Waals surface area contributed by atoms with E-state index in [1.165, 1.54) is 20.9 Å². The number of benzene rings is 1. The number of carbonyl (C=O) groups excluding carboxylic acids is 1. The van der Waals surface area contributed by atoms with Gasteiger partial charge in [0.05, 0.1) is 5.60 Å². The lowest BCUT2D eigenvalue weighted by Gasteiger charge is -2.15. The number of aldehydes is 1. The van der Waals surface area contributed by atoms with Gasteiger partial charge in [0.1, 0.15) is 22.0 Å². The Labute approximate surface area is 203 Å². The first-order valence-electron chi connectivity index (χ1n) is 10.8. The summed E-state index contributed by atoms with van der Waals surface area (Å²) in [4.78, 5) is 11.2. The van der Waals surface area contributed by atoms with E-state index in [1.54, 1.807) is 12.1 Å². The monoisotopic (exact) mass is 522 g/mol. The Morgan fingerprint density at radius 1 is 1.21 bits per heavy atom. The summed E-state index contributed by atoms with van der Waals surface area (Å²) in [5.41, 5.74) is 1.68. The van der Waals surface area contributed by atoms with Gasteiger partial charge in [0, 0.05) is 18.3 Å². The Kier molecular flexibility index (Phi) is 11.7. The summed E-state index contributed by atoms with van der Waals surface area (Å²) in [5, 5.41) is 15.0. The van der Waals surface area contributed by atoms with Gasteiger partial charge in [0.15, 0.2) is 10.0 Å². The Morgan fingerprint density at radius 3 is 2.09 bits per heavy atom. The highest BCUT2D eigenvalue weighted by Crippen LogP contribution is 2.33. The summed E-state index contributed by atoms with van der Waals surface area (Å²) in [5.74, 6) is -0.494. The molecule has 0 bridgehead atoms. The second-order valence-electron chi connectivity index (χ2n) is 8.03. The minimum absolute atomic E-state index is 0.123. The zero-order chi connectivity index (χ0) is 26.1. The van der Waals surface area contributed by atoms with Crippen LogP contribution in [-0.2, 0) is 39.6 Å². The number of nitrogens with two attached hydrogens (primary N) is 1. The van der Waals surface area contributed by atoms with Crippen molar-refractivity contribution in [3.63, 3.8) is 0 Å². The molecule has 0 aliphatic rings. The van der Waals surface area contributed by atoms with Crippen molar-refractivity contribution in [2.75, 3.05) is 7.05 Å². The van der Waals surface area contributed by atoms with Crippen LogP contribution in [0.1, 0.15) is 62.1 Å². The van der Waals surface area contributed by atoms with E-state index in [4.69, 9.17) is 5.14 Å². The van der Waals surface area contributed by atoms with Crippen LogP contribution in [0.15, 0.2) is 26.8 Å². The maximum atomic E-state index is 13.4. The number of hydrogen-bond donors (Lipinski definition) is 2. The topological polar surface area (TPSA) is 102 Å². The van der Waals surface area contributed by atoms with Crippen molar-refractivity contribution in [1.82, 2.24) is 0 Å². The second-order valence-corrected chi connectivity index (χ2v) is 11.2. The summed E-state index contributed by atoms with van der Waals surface area (Å²) >= 11 is 0.879. The molecule has 0 fully saturated rings. The van der Waals surface area contributed by atoms with Crippen LogP contribution in [0, 0.1) is 5.82 Å². The van der Waals surface area contributed by atoms with Gasteiger partial charge in [0.25, 0.3) is 0 Å². The molecular formula is C23H33F3N2O4S2. The number of nitrogens with zero attached hydrogens (tertiary/aromatic N) is 1. The number of carbonyl (C=O) groups is 1. The Hall–Kier alpha value is -1.95. The summed E-state index contributed by atoms with van der Waals surface area (Å²) < 4.78 is 57.5. The molecule has 1 unspecified atom stereocenters. The van der Waals surface area contributed by atoms with Crippen molar-refractivity contribution in [2.24, 2.45) is 9.50 Å². The number of aryl methyl sites for hydroxylation is 2. The van der Waals surface area contributed by atoms with E-state index in [-0.39, 0.29) is 9.96 Å². The first-order valence-corrected chi connectivity index (χ1v) is 13.2. The van der Waals surface area contributed by atoms with Crippen LogP contribution in [0.3, 0.4) is 0 Å². The molecule has 0 amide bonds. The number of ether oxygens (including phenoxy) is 1. The molecule has 3 N–H and O–H groups in total. The fourth-order valence-corrected chi connectivity index (χ4v) is 5.45. The number of hydrogen-bond acceptors (Lipinski definition) is 6. The van der Waals surface area contributed by atoms with E-state index >= 15 is 0 Å². The number of alkyl halides is 2. The highest BCUT2D eigenvalue weighted by Gasteiger charge is 2.25. The minimum Gasteiger partial charge on any atom is -0.435 e. The van der Waals surface area contributed by atoms with Gasteiger partial charge < -0.3 is 14.6 Å². The summed E-state index contributed by atoms with van der Waals surface area (Å²) in [6.45, 7) is 4.25. The van der Waals surface area contributed by atoms with E-state index < -0.39 is 27.9 Å². The predicted octanol–water partition coefficient (Wildman–Crippen LogP) is 5.38.